The zero-order valence-corrected chi connectivity index (χ0v) is 16.9. The molecule has 0 bridgehead atoms. The van der Waals surface area contributed by atoms with Gasteiger partial charge in [-0.3, -0.25) is 4.98 Å². The normalized spacial score (nSPS) is 12.2. The topological polar surface area (TPSA) is 50.7 Å². The molecule has 2 heterocycles. The zero-order valence-electron chi connectivity index (χ0n) is 16.9. The van der Waals surface area contributed by atoms with Gasteiger partial charge in [-0.2, -0.15) is 26.3 Å². The van der Waals surface area contributed by atoms with E-state index in [9.17, 15) is 26.3 Å². The van der Waals surface area contributed by atoms with Gasteiger partial charge in [-0.1, -0.05) is 24.3 Å². The number of halogens is 6. The number of hydrogen-bond donors (Lipinski definition) is 1. The molecule has 4 rings (SSSR count). The van der Waals surface area contributed by atoms with E-state index in [0.717, 1.165) is 12.1 Å². The number of anilines is 1. The van der Waals surface area contributed by atoms with Crippen molar-refractivity contribution >= 4 is 16.7 Å². The van der Waals surface area contributed by atoms with Crippen LogP contribution in [0.25, 0.3) is 22.2 Å². The van der Waals surface area contributed by atoms with Crippen molar-refractivity contribution in [1.29, 1.82) is 0 Å². The van der Waals surface area contributed by atoms with Crippen molar-refractivity contribution in [3.8, 4) is 11.3 Å². The van der Waals surface area contributed by atoms with Crippen LogP contribution in [0.5, 0.6) is 0 Å². The Hall–Kier alpha value is -3.69. The number of benzene rings is 2. The molecule has 170 valence electrons. The van der Waals surface area contributed by atoms with Gasteiger partial charge in [-0.15, -0.1) is 0 Å². The quantitative estimate of drug-likeness (QED) is 0.350. The number of rotatable bonds is 5. The minimum atomic E-state index is -4.57. The van der Waals surface area contributed by atoms with Crippen LogP contribution in [0, 0.1) is 0 Å². The highest BCUT2D eigenvalue weighted by Gasteiger charge is 2.34. The smallest absolute Gasteiger partial charge is 0.369 e. The summed E-state index contributed by atoms with van der Waals surface area (Å²) in [6.07, 6.45) is -6.40. The molecule has 0 radical (unpaired) electrons. The zero-order chi connectivity index (χ0) is 23.6. The van der Waals surface area contributed by atoms with Crippen LogP contribution in [-0.4, -0.2) is 21.5 Å². The van der Waals surface area contributed by atoms with Crippen molar-refractivity contribution in [3.63, 3.8) is 0 Å². The largest absolute Gasteiger partial charge is 0.418 e. The third-order valence-corrected chi connectivity index (χ3v) is 5.03. The summed E-state index contributed by atoms with van der Waals surface area (Å²) in [5.41, 5.74) is -1.02. The second-order valence-corrected chi connectivity index (χ2v) is 7.18. The first-order valence-electron chi connectivity index (χ1n) is 9.81. The van der Waals surface area contributed by atoms with Crippen LogP contribution in [0.1, 0.15) is 16.7 Å². The molecule has 0 amide bonds. The SMILES string of the molecule is FC(F)(F)c1ccccc1CCNc1ncnc2cc(-c3ncccc3C(F)(F)F)ccc12. The highest BCUT2D eigenvalue weighted by molar-refractivity contribution is 5.91. The lowest BCUT2D eigenvalue weighted by molar-refractivity contribution is -0.138. The van der Waals surface area contributed by atoms with E-state index in [1.807, 2.05) is 0 Å². The monoisotopic (exact) mass is 462 g/mol. The number of nitrogens with one attached hydrogen (secondary N) is 1. The number of alkyl halides is 6. The summed E-state index contributed by atoms with van der Waals surface area (Å²) < 4.78 is 79.6. The standard InChI is InChI=1S/C23H16F6N4/c24-22(25,26)17-5-2-1-4-14(17)9-11-31-21-16-8-7-15(12-19(16)32-13-33-21)20-18(23(27,28)29)6-3-10-30-20/h1-8,10,12-13H,9,11H2,(H,31,32,33). The predicted octanol–water partition coefficient (Wildman–Crippen LogP) is 6.38. The molecule has 2 aromatic carbocycles. The van der Waals surface area contributed by atoms with Crippen LogP contribution < -0.4 is 5.32 Å². The third-order valence-electron chi connectivity index (χ3n) is 5.03. The first kappa shape index (κ1) is 22.5. The Bertz CT molecular complexity index is 1280. The van der Waals surface area contributed by atoms with E-state index in [0.29, 0.717) is 16.7 Å². The summed E-state index contributed by atoms with van der Waals surface area (Å²) in [4.78, 5) is 12.1. The number of fused-ring (bicyclic) bond motifs is 1. The molecule has 0 aliphatic carbocycles. The minimum absolute atomic E-state index is 0.0993. The van der Waals surface area contributed by atoms with Gasteiger partial charge in [-0.05, 0) is 42.3 Å². The maximum Gasteiger partial charge on any atom is 0.418 e. The van der Waals surface area contributed by atoms with Gasteiger partial charge in [0, 0.05) is 23.7 Å². The average molecular weight is 462 g/mol. The fourth-order valence-corrected chi connectivity index (χ4v) is 3.54. The minimum Gasteiger partial charge on any atom is -0.369 e. The van der Waals surface area contributed by atoms with Crippen LogP contribution in [0.3, 0.4) is 0 Å². The van der Waals surface area contributed by atoms with Crippen LogP contribution >= 0.6 is 0 Å². The fraction of sp³-hybridized carbons (Fsp3) is 0.174. The Morgan fingerprint density at radius 1 is 0.758 bits per heavy atom. The molecule has 0 saturated heterocycles. The van der Waals surface area contributed by atoms with Crippen molar-refractivity contribution in [3.05, 3.63) is 83.8 Å². The van der Waals surface area contributed by atoms with Crippen LogP contribution in [0.4, 0.5) is 32.2 Å². The number of hydrogen-bond acceptors (Lipinski definition) is 4. The highest BCUT2D eigenvalue weighted by Crippen LogP contribution is 2.37. The number of aromatic nitrogens is 3. The molecule has 2 aromatic heterocycles. The van der Waals surface area contributed by atoms with Crippen LogP contribution in [0.15, 0.2) is 67.1 Å². The molecule has 1 N–H and O–H groups in total. The Morgan fingerprint density at radius 2 is 1.48 bits per heavy atom. The van der Waals surface area contributed by atoms with E-state index >= 15 is 0 Å². The van der Waals surface area contributed by atoms with Crippen molar-refractivity contribution < 1.29 is 26.3 Å². The summed E-state index contributed by atoms with van der Waals surface area (Å²) in [6, 6.07) is 12.0. The molecule has 0 spiro atoms. The third kappa shape index (κ3) is 4.89. The van der Waals surface area contributed by atoms with E-state index in [2.05, 4.69) is 20.3 Å². The van der Waals surface area contributed by atoms with Crippen LogP contribution in [0.2, 0.25) is 0 Å². The summed E-state index contributed by atoms with van der Waals surface area (Å²) in [5.74, 6) is 0.369. The van der Waals surface area contributed by atoms with Gasteiger partial charge >= 0.3 is 12.4 Å². The van der Waals surface area contributed by atoms with Crippen LogP contribution in [-0.2, 0) is 18.8 Å². The summed E-state index contributed by atoms with van der Waals surface area (Å²) in [6.45, 7) is 0.166. The van der Waals surface area contributed by atoms with Gasteiger partial charge < -0.3 is 5.32 Å². The predicted molar refractivity (Wildman–Crippen MR) is 111 cm³/mol. The lowest BCUT2D eigenvalue weighted by Crippen LogP contribution is -2.13. The second kappa shape index (κ2) is 8.68. The Kier molecular flexibility index (Phi) is 5.92. The molecule has 0 aliphatic rings. The van der Waals surface area contributed by atoms with Gasteiger partial charge in [0.05, 0.1) is 22.3 Å². The molecule has 0 saturated carbocycles. The molecule has 33 heavy (non-hydrogen) atoms. The molecular weight excluding hydrogens is 446 g/mol. The molecule has 4 aromatic rings. The molecule has 0 atom stereocenters. The van der Waals surface area contributed by atoms with Crippen molar-refractivity contribution in [2.24, 2.45) is 0 Å². The van der Waals surface area contributed by atoms with Crippen molar-refractivity contribution in [1.82, 2.24) is 15.0 Å². The van der Waals surface area contributed by atoms with Gasteiger partial charge in [-0.25, -0.2) is 9.97 Å². The number of pyridine rings is 1. The molecule has 0 unspecified atom stereocenters. The molecular formula is C23H16F6N4. The Balaban J connectivity index is 1.59. The van der Waals surface area contributed by atoms with Crippen molar-refractivity contribution in [2.75, 3.05) is 11.9 Å². The summed E-state index contributed by atoms with van der Waals surface area (Å²) in [7, 11) is 0. The van der Waals surface area contributed by atoms with Gasteiger partial charge in [0.2, 0.25) is 0 Å². The van der Waals surface area contributed by atoms with Gasteiger partial charge in [0.25, 0.3) is 0 Å². The fourth-order valence-electron chi connectivity index (χ4n) is 3.54. The molecule has 4 nitrogen and oxygen atoms in total. The molecule has 0 aliphatic heterocycles. The lowest BCUT2D eigenvalue weighted by Gasteiger charge is -2.14. The van der Waals surface area contributed by atoms with E-state index in [-0.39, 0.29) is 29.8 Å². The maximum absolute atomic E-state index is 13.3. The number of nitrogens with zero attached hydrogens (tertiary/aromatic N) is 3. The highest BCUT2D eigenvalue weighted by atomic mass is 19.4. The molecule has 0 fully saturated rings. The van der Waals surface area contributed by atoms with E-state index in [4.69, 9.17) is 0 Å². The summed E-state index contributed by atoms with van der Waals surface area (Å²) in [5, 5.41) is 3.52. The van der Waals surface area contributed by atoms with Gasteiger partial charge in [0.15, 0.2) is 0 Å². The molecule has 10 heteroatoms. The maximum atomic E-state index is 13.3. The lowest BCUT2D eigenvalue weighted by atomic mass is 10.0. The van der Waals surface area contributed by atoms with Gasteiger partial charge in [0.1, 0.15) is 12.1 Å². The average Bonchev–Trinajstić information content (AvgIpc) is 2.78. The van der Waals surface area contributed by atoms with Crippen molar-refractivity contribution in [2.45, 2.75) is 18.8 Å². The Labute approximate surface area is 184 Å². The summed E-state index contributed by atoms with van der Waals surface area (Å²) >= 11 is 0. The van der Waals surface area contributed by atoms with E-state index < -0.39 is 23.5 Å². The first-order valence-corrected chi connectivity index (χ1v) is 9.81. The van der Waals surface area contributed by atoms with E-state index in [1.54, 1.807) is 12.1 Å². The first-order chi connectivity index (χ1) is 15.6. The van der Waals surface area contributed by atoms with E-state index in [1.165, 1.54) is 42.9 Å². The Morgan fingerprint density at radius 3 is 2.24 bits per heavy atom. The second-order valence-electron chi connectivity index (χ2n) is 7.18.